The van der Waals surface area contributed by atoms with Crippen LogP contribution >= 0.6 is 0 Å². The Morgan fingerprint density at radius 3 is 2.76 bits per heavy atom. The highest BCUT2D eigenvalue weighted by molar-refractivity contribution is 5.76. The zero-order valence-electron chi connectivity index (χ0n) is 14.6. The maximum atomic E-state index is 12.8. The Bertz CT molecular complexity index is 685. The zero-order chi connectivity index (χ0) is 17.1. The number of fused-ring (bicyclic) bond motifs is 4. The predicted molar refractivity (Wildman–Crippen MR) is 96.8 cm³/mol. The first-order valence-electron chi connectivity index (χ1n) is 9.31. The topological polar surface area (TPSA) is 41.4 Å². The molecule has 5 rings (SSSR count). The normalized spacial score (nSPS) is 23.6. The van der Waals surface area contributed by atoms with E-state index in [1.54, 1.807) is 6.20 Å². The van der Waals surface area contributed by atoms with Gasteiger partial charge in [0.1, 0.15) is 0 Å². The smallest absolute Gasteiger partial charge is 0.224 e. The molecule has 4 heterocycles. The van der Waals surface area contributed by atoms with Gasteiger partial charge in [-0.25, -0.2) is 0 Å². The molecule has 1 amide bonds. The molecule has 0 radical (unpaired) electrons. The van der Waals surface area contributed by atoms with E-state index in [0.717, 1.165) is 32.6 Å². The fraction of sp³-hybridized carbons (Fsp3) is 0.500. The van der Waals surface area contributed by atoms with Crippen molar-refractivity contribution < 1.29 is 4.79 Å². The van der Waals surface area contributed by atoms with E-state index in [-0.39, 0.29) is 5.91 Å². The number of carbonyl (C=O) groups excluding carboxylic acids is 1. The van der Waals surface area contributed by atoms with E-state index in [1.807, 2.05) is 16.9 Å². The van der Waals surface area contributed by atoms with Crippen molar-refractivity contribution in [1.82, 2.24) is 19.6 Å². The Balaban J connectivity index is 1.38. The minimum atomic E-state index is 0.284. The van der Waals surface area contributed by atoms with Gasteiger partial charge < -0.3 is 4.90 Å². The highest BCUT2D eigenvalue weighted by Crippen LogP contribution is 2.29. The summed E-state index contributed by atoms with van der Waals surface area (Å²) in [4.78, 5) is 17.5. The first-order valence-corrected chi connectivity index (χ1v) is 9.31. The summed E-state index contributed by atoms with van der Waals surface area (Å²) in [5.41, 5.74) is 1.36. The number of carbonyl (C=O) groups is 1. The Kier molecular flexibility index (Phi) is 4.83. The second kappa shape index (κ2) is 7.40. The van der Waals surface area contributed by atoms with E-state index < -0.39 is 0 Å². The van der Waals surface area contributed by atoms with Gasteiger partial charge in [-0.15, -0.1) is 0 Å². The van der Waals surface area contributed by atoms with Gasteiger partial charge in [-0.05, 0) is 30.4 Å². The average molecular weight is 338 g/mol. The number of hydrogen-bond acceptors (Lipinski definition) is 3. The van der Waals surface area contributed by atoms with Crippen LogP contribution in [0.1, 0.15) is 24.8 Å². The molecular weight excluding hydrogens is 312 g/mol. The van der Waals surface area contributed by atoms with E-state index in [9.17, 15) is 4.79 Å². The largest absolute Gasteiger partial charge is 0.338 e. The lowest BCUT2D eigenvalue weighted by molar-refractivity contribution is -0.135. The van der Waals surface area contributed by atoms with E-state index in [0.29, 0.717) is 24.9 Å². The highest BCUT2D eigenvalue weighted by Gasteiger charge is 2.36. The Morgan fingerprint density at radius 1 is 1.08 bits per heavy atom. The van der Waals surface area contributed by atoms with Crippen molar-refractivity contribution in [3.8, 4) is 0 Å². The average Bonchev–Trinajstić information content (AvgIpc) is 3.01. The molecule has 25 heavy (non-hydrogen) atoms. The maximum Gasteiger partial charge on any atom is 0.224 e. The fourth-order valence-electron chi connectivity index (χ4n) is 4.24. The second-order valence-electron chi connectivity index (χ2n) is 7.34. The van der Waals surface area contributed by atoms with Crippen LogP contribution in [0.2, 0.25) is 0 Å². The standard InChI is InChI=1S/C20H26N4O/c25-20(9-12-23-11-4-10-21-23)24-15-18-7-8-19(24)16-22(14-18)13-17-5-2-1-3-6-17/h1-6,10-11,18-19H,7-9,12-16H2/t18-,19+/m0/s1. The molecule has 3 fully saturated rings. The van der Waals surface area contributed by atoms with Gasteiger partial charge in [0.25, 0.3) is 0 Å². The Hall–Kier alpha value is -2.14. The molecule has 3 aliphatic heterocycles. The van der Waals surface area contributed by atoms with Gasteiger partial charge in [0, 0.05) is 57.6 Å². The molecule has 5 heteroatoms. The van der Waals surface area contributed by atoms with Crippen molar-refractivity contribution in [1.29, 1.82) is 0 Å². The predicted octanol–water partition coefficient (Wildman–Crippen LogP) is 2.40. The highest BCUT2D eigenvalue weighted by atomic mass is 16.2. The third kappa shape index (κ3) is 3.93. The number of piperidine rings is 1. The third-order valence-corrected chi connectivity index (χ3v) is 5.47. The third-order valence-electron chi connectivity index (χ3n) is 5.47. The van der Waals surface area contributed by atoms with Crippen LogP contribution in [0.25, 0.3) is 0 Å². The summed E-state index contributed by atoms with van der Waals surface area (Å²) < 4.78 is 1.84. The van der Waals surface area contributed by atoms with E-state index in [4.69, 9.17) is 0 Å². The number of nitrogens with zero attached hydrogens (tertiary/aromatic N) is 4. The van der Waals surface area contributed by atoms with Gasteiger partial charge in [-0.2, -0.15) is 5.10 Å². The molecule has 3 saturated heterocycles. The molecule has 0 N–H and O–H groups in total. The number of aromatic nitrogens is 2. The lowest BCUT2D eigenvalue weighted by Crippen LogP contribution is -2.47. The Labute approximate surface area is 149 Å². The first-order chi connectivity index (χ1) is 12.3. The first kappa shape index (κ1) is 16.3. The zero-order valence-corrected chi connectivity index (χ0v) is 14.6. The van der Waals surface area contributed by atoms with Gasteiger partial charge in [0.15, 0.2) is 0 Å². The van der Waals surface area contributed by atoms with Crippen LogP contribution in [-0.2, 0) is 17.9 Å². The quantitative estimate of drug-likeness (QED) is 0.841. The van der Waals surface area contributed by atoms with Crippen molar-refractivity contribution in [2.45, 2.75) is 38.4 Å². The van der Waals surface area contributed by atoms with E-state index in [2.05, 4.69) is 45.2 Å². The number of aryl methyl sites for hydroxylation is 1. The summed E-state index contributed by atoms with van der Waals surface area (Å²) in [6, 6.07) is 12.9. The van der Waals surface area contributed by atoms with Gasteiger partial charge in [-0.1, -0.05) is 30.3 Å². The molecule has 2 aromatic rings. The molecule has 2 bridgehead atoms. The number of hydrogen-bond donors (Lipinski definition) is 0. The molecule has 2 atom stereocenters. The van der Waals surface area contributed by atoms with Crippen LogP contribution in [0, 0.1) is 5.92 Å². The molecule has 132 valence electrons. The van der Waals surface area contributed by atoms with Gasteiger partial charge in [-0.3, -0.25) is 14.4 Å². The minimum absolute atomic E-state index is 0.284. The van der Waals surface area contributed by atoms with Crippen molar-refractivity contribution in [2.75, 3.05) is 19.6 Å². The van der Waals surface area contributed by atoms with Crippen LogP contribution < -0.4 is 0 Å². The minimum Gasteiger partial charge on any atom is -0.338 e. The maximum absolute atomic E-state index is 12.8. The molecule has 5 nitrogen and oxygen atoms in total. The summed E-state index contributed by atoms with van der Waals surface area (Å²) in [5.74, 6) is 0.892. The summed E-state index contributed by atoms with van der Waals surface area (Å²) in [6.07, 6.45) is 6.62. The van der Waals surface area contributed by atoms with Crippen LogP contribution in [0.5, 0.6) is 0 Å². The van der Waals surface area contributed by atoms with Gasteiger partial charge in [0.05, 0.1) is 0 Å². The van der Waals surface area contributed by atoms with Crippen LogP contribution in [0.4, 0.5) is 0 Å². The van der Waals surface area contributed by atoms with Crippen LogP contribution in [-0.4, -0.2) is 51.2 Å². The van der Waals surface area contributed by atoms with E-state index in [1.165, 1.54) is 12.0 Å². The van der Waals surface area contributed by atoms with Crippen molar-refractivity contribution in [2.24, 2.45) is 5.92 Å². The monoisotopic (exact) mass is 338 g/mol. The molecular formula is C20H26N4O. The Morgan fingerprint density at radius 2 is 1.96 bits per heavy atom. The lowest BCUT2D eigenvalue weighted by Gasteiger charge is -2.36. The SMILES string of the molecule is O=C(CCn1cccn1)N1C[C@H]2CC[C@@H]1CN(Cc1ccccc1)C2. The van der Waals surface area contributed by atoms with Gasteiger partial charge >= 0.3 is 0 Å². The van der Waals surface area contributed by atoms with Crippen molar-refractivity contribution in [3.05, 3.63) is 54.4 Å². The van der Waals surface area contributed by atoms with Crippen LogP contribution in [0.3, 0.4) is 0 Å². The summed E-state index contributed by atoms with van der Waals surface area (Å²) in [7, 11) is 0. The van der Waals surface area contributed by atoms with Gasteiger partial charge in [0.2, 0.25) is 5.91 Å². The molecule has 0 unspecified atom stereocenters. The number of rotatable bonds is 5. The molecule has 3 aliphatic rings. The summed E-state index contributed by atoms with van der Waals surface area (Å²) in [6.45, 7) is 4.69. The summed E-state index contributed by atoms with van der Waals surface area (Å²) >= 11 is 0. The molecule has 0 saturated carbocycles. The van der Waals surface area contributed by atoms with Crippen molar-refractivity contribution in [3.63, 3.8) is 0 Å². The second-order valence-corrected chi connectivity index (χ2v) is 7.34. The van der Waals surface area contributed by atoms with E-state index >= 15 is 0 Å². The molecule has 1 aromatic carbocycles. The molecule has 1 aromatic heterocycles. The van der Waals surface area contributed by atoms with Crippen molar-refractivity contribution >= 4 is 5.91 Å². The number of benzene rings is 1. The van der Waals surface area contributed by atoms with Crippen LogP contribution in [0.15, 0.2) is 48.8 Å². The summed E-state index contributed by atoms with van der Waals surface area (Å²) in [5, 5.41) is 4.20. The number of amides is 1. The lowest BCUT2D eigenvalue weighted by atomic mass is 9.94. The molecule has 0 aliphatic carbocycles. The fourth-order valence-corrected chi connectivity index (χ4v) is 4.24. The molecule has 0 spiro atoms.